The molecule has 7 heteroatoms. The fraction of sp³-hybridized carbons (Fsp3) is 0.250. The van der Waals surface area contributed by atoms with Gasteiger partial charge < -0.3 is 14.4 Å². The molecule has 0 aliphatic carbocycles. The Bertz CT molecular complexity index is 1030. The zero-order chi connectivity index (χ0) is 18.8. The first-order valence-corrected chi connectivity index (χ1v) is 8.92. The number of fused-ring (bicyclic) bond motifs is 1. The van der Waals surface area contributed by atoms with E-state index in [2.05, 4.69) is 17.0 Å². The summed E-state index contributed by atoms with van der Waals surface area (Å²) in [6, 6.07) is 11.7. The van der Waals surface area contributed by atoms with Gasteiger partial charge in [0.2, 0.25) is 5.95 Å². The highest BCUT2D eigenvalue weighted by Crippen LogP contribution is 2.28. The van der Waals surface area contributed by atoms with Crippen molar-refractivity contribution in [2.24, 2.45) is 0 Å². The fourth-order valence-electron chi connectivity index (χ4n) is 3.05. The van der Waals surface area contributed by atoms with E-state index in [1.54, 1.807) is 16.8 Å². The summed E-state index contributed by atoms with van der Waals surface area (Å²) >= 11 is 0. The summed E-state index contributed by atoms with van der Waals surface area (Å²) in [6.45, 7) is 2.09. The number of furan rings is 1. The van der Waals surface area contributed by atoms with Crippen molar-refractivity contribution in [3.05, 3.63) is 72.1 Å². The van der Waals surface area contributed by atoms with Crippen molar-refractivity contribution in [1.82, 2.24) is 19.6 Å². The lowest BCUT2D eigenvalue weighted by molar-refractivity contribution is 0.220. The SMILES string of the molecule is CCCc1nc(N(C)c2ccccc2)n2ncc(C(O)c3ccoc3)c2n1. The molecule has 1 aromatic carbocycles. The van der Waals surface area contributed by atoms with Gasteiger partial charge >= 0.3 is 0 Å². The molecule has 0 spiro atoms. The summed E-state index contributed by atoms with van der Waals surface area (Å²) in [7, 11) is 1.95. The molecule has 4 aromatic rings. The van der Waals surface area contributed by atoms with E-state index in [1.165, 1.54) is 12.5 Å². The predicted molar refractivity (Wildman–Crippen MR) is 102 cm³/mol. The Morgan fingerprint density at radius 3 is 2.70 bits per heavy atom. The second-order valence-corrected chi connectivity index (χ2v) is 6.38. The predicted octanol–water partition coefficient (Wildman–Crippen LogP) is 3.52. The Morgan fingerprint density at radius 2 is 2.00 bits per heavy atom. The third-order valence-corrected chi connectivity index (χ3v) is 4.50. The molecule has 0 saturated carbocycles. The Kier molecular flexibility index (Phi) is 4.60. The minimum atomic E-state index is -0.861. The number of hydrogen-bond donors (Lipinski definition) is 1. The van der Waals surface area contributed by atoms with E-state index in [1.807, 2.05) is 42.3 Å². The average Bonchev–Trinajstić information content (AvgIpc) is 3.37. The van der Waals surface area contributed by atoms with E-state index >= 15 is 0 Å². The van der Waals surface area contributed by atoms with Crippen molar-refractivity contribution in [3.63, 3.8) is 0 Å². The molecular weight excluding hydrogens is 342 g/mol. The Morgan fingerprint density at radius 1 is 1.19 bits per heavy atom. The molecule has 1 N–H and O–H groups in total. The molecule has 0 aliphatic rings. The monoisotopic (exact) mass is 363 g/mol. The quantitative estimate of drug-likeness (QED) is 0.565. The van der Waals surface area contributed by atoms with Gasteiger partial charge in [-0.3, -0.25) is 0 Å². The van der Waals surface area contributed by atoms with Crippen LogP contribution in [0.15, 0.2) is 59.5 Å². The van der Waals surface area contributed by atoms with E-state index in [4.69, 9.17) is 9.40 Å². The van der Waals surface area contributed by atoms with Crippen LogP contribution in [0.5, 0.6) is 0 Å². The molecule has 3 heterocycles. The van der Waals surface area contributed by atoms with Crippen LogP contribution in [0, 0.1) is 0 Å². The summed E-state index contributed by atoms with van der Waals surface area (Å²) in [5.74, 6) is 1.38. The maximum absolute atomic E-state index is 10.7. The first-order chi connectivity index (χ1) is 13.2. The molecule has 0 amide bonds. The topological polar surface area (TPSA) is 79.7 Å². The summed E-state index contributed by atoms with van der Waals surface area (Å²) in [4.78, 5) is 11.3. The lowest BCUT2D eigenvalue weighted by Gasteiger charge is -2.19. The van der Waals surface area contributed by atoms with E-state index in [9.17, 15) is 5.11 Å². The number of aliphatic hydroxyl groups excluding tert-OH is 1. The van der Waals surface area contributed by atoms with Gasteiger partial charge in [-0.1, -0.05) is 25.1 Å². The van der Waals surface area contributed by atoms with Gasteiger partial charge in [0.15, 0.2) is 5.65 Å². The van der Waals surface area contributed by atoms with Crippen LogP contribution in [0.3, 0.4) is 0 Å². The van der Waals surface area contributed by atoms with Gasteiger partial charge in [0.05, 0.1) is 24.3 Å². The minimum absolute atomic E-state index is 0.597. The van der Waals surface area contributed by atoms with Gasteiger partial charge in [-0.2, -0.15) is 14.6 Å². The molecule has 7 nitrogen and oxygen atoms in total. The van der Waals surface area contributed by atoms with Crippen molar-refractivity contribution < 1.29 is 9.52 Å². The lowest BCUT2D eigenvalue weighted by atomic mass is 10.1. The van der Waals surface area contributed by atoms with Crippen LogP contribution in [0.25, 0.3) is 5.65 Å². The Labute approximate surface area is 156 Å². The van der Waals surface area contributed by atoms with Crippen molar-refractivity contribution in [2.45, 2.75) is 25.9 Å². The zero-order valence-electron chi connectivity index (χ0n) is 15.3. The summed E-state index contributed by atoms with van der Waals surface area (Å²) < 4.78 is 6.77. The highest BCUT2D eigenvalue weighted by atomic mass is 16.3. The highest BCUT2D eigenvalue weighted by molar-refractivity contribution is 5.61. The first kappa shape index (κ1) is 17.2. The Hall–Kier alpha value is -3.19. The smallest absolute Gasteiger partial charge is 0.234 e. The van der Waals surface area contributed by atoms with E-state index in [0.29, 0.717) is 22.7 Å². The van der Waals surface area contributed by atoms with Crippen LogP contribution in [-0.4, -0.2) is 31.7 Å². The number of aryl methyl sites for hydroxylation is 1. The molecular formula is C20H21N5O2. The van der Waals surface area contributed by atoms with Crippen LogP contribution in [0.1, 0.15) is 36.4 Å². The number of nitrogens with zero attached hydrogens (tertiary/aromatic N) is 5. The molecule has 138 valence electrons. The molecule has 27 heavy (non-hydrogen) atoms. The maximum Gasteiger partial charge on any atom is 0.234 e. The molecule has 1 unspecified atom stereocenters. The van der Waals surface area contributed by atoms with Crippen molar-refractivity contribution >= 4 is 17.3 Å². The molecule has 0 radical (unpaired) electrons. The van der Waals surface area contributed by atoms with Gasteiger partial charge in [-0.15, -0.1) is 0 Å². The number of aromatic nitrogens is 4. The molecule has 4 rings (SSSR count). The number of rotatable bonds is 6. The molecule has 0 saturated heterocycles. The van der Waals surface area contributed by atoms with Crippen molar-refractivity contribution in [2.75, 3.05) is 11.9 Å². The standard InChI is InChI=1S/C20H21N5O2/c1-3-7-17-22-19-16(18(26)14-10-11-27-13-14)12-21-25(19)20(23-17)24(2)15-8-5-4-6-9-15/h4-6,8-13,18,26H,3,7H2,1-2H3. The average molecular weight is 363 g/mol. The number of anilines is 2. The third kappa shape index (κ3) is 3.17. The van der Waals surface area contributed by atoms with E-state index in [0.717, 1.165) is 24.4 Å². The second-order valence-electron chi connectivity index (χ2n) is 6.38. The molecule has 0 aliphatic heterocycles. The normalized spacial score (nSPS) is 12.4. The molecule has 0 fully saturated rings. The summed E-state index contributed by atoms with van der Waals surface area (Å²) in [5.41, 5.74) is 2.88. The number of para-hydroxylation sites is 1. The molecule has 0 bridgehead atoms. The fourth-order valence-corrected chi connectivity index (χ4v) is 3.05. The summed E-state index contributed by atoms with van der Waals surface area (Å²) in [5, 5.41) is 15.2. The number of hydrogen-bond acceptors (Lipinski definition) is 6. The second kappa shape index (κ2) is 7.20. The molecule has 1 atom stereocenters. The van der Waals surface area contributed by atoms with Gasteiger partial charge in [0.1, 0.15) is 11.9 Å². The van der Waals surface area contributed by atoms with E-state index in [-0.39, 0.29) is 0 Å². The maximum atomic E-state index is 10.7. The highest BCUT2D eigenvalue weighted by Gasteiger charge is 2.22. The van der Waals surface area contributed by atoms with Crippen LogP contribution < -0.4 is 4.90 Å². The van der Waals surface area contributed by atoms with Gasteiger partial charge in [0.25, 0.3) is 0 Å². The lowest BCUT2D eigenvalue weighted by Crippen LogP contribution is -2.18. The minimum Gasteiger partial charge on any atom is -0.472 e. The van der Waals surface area contributed by atoms with Crippen molar-refractivity contribution in [3.8, 4) is 0 Å². The molecule has 3 aromatic heterocycles. The van der Waals surface area contributed by atoms with Gasteiger partial charge in [-0.05, 0) is 24.6 Å². The Balaban J connectivity index is 1.86. The van der Waals surface area contributed by atoms with Crippen LogP contribution in [0.2, 0.25) is 0 Å². The van der Waals surface area contributed by atoms with Crippen LogP contribution in [-0.2, 0) is 6.42 Å². The van der Waals surface area contributed by atoms with Crippen LogP contribution >= 0.6 is 0 Å². The number of benzene rings is 1. The zero-order valence-corrected chi connectivity index (χ0v) is 15.3. The third-order valence-electron chi connectivity index (χ3n) is 4.50. The largest absolute Gasteiger partial charge is 0.472 e. The van der Waals surface area contributed by atoms with Gasteiger partial charge in [-0.25, -0.2) is 4.98 Å². The number of aliphatic hydroxyl groups is 1. The van der Waals surface area contributed by atoms with Gasteiger partial charge in [0, 0.05) is 24.7 Å². The van der Waals surface area contributed by atoms with Crippen LogP contribution in [0.4, 0.5) is 11.6 Å². The first-order valence-electron chi connectivity index (χ1n) is 8.92. The van der Waals surface area contributed by atoms with Crippen molar-refractivity contribution in [1.29, 1.82) is 0 Å². The van der Waals surface area contributed by atoms with E-state index < -0.39 is 6.10 Å². The summed E-state index contributed by atoms with van der Waals surface area (Å²) in [6.07, 6.45) is 5.52.